The SMILES string of the molecule is CN(C)CC[C@@H]1Cc2ccccc2C1O. The van der Waals surface area contributed by atoms with E-state index in [2.05, 4.69) is 37.2 Å². The number of fused-ring (bicyclic) bond motifs is 1. The molecule has 2 heteroatoms. The van der Waals surface area contributed by atoms with Gasteiger partial charge in [-0.25, -0.2) is 0 Å². The van der Waals surface area contributed by atoms with Crippen molar-refractivity contribution in [1.29, 1.82) is 0 Å². The van der Waals surface area contributed by atoms with E-state index in [1.54, 1.807) is 0 Å². The van der Waals surface area contributed by atoms with Gasteiger partial charge in [-0.3, -0.25) is 0 Å². The second-order valence-electron chi connectivity index (χ2n) is 4.70. The molecule has 0 radical (unpaired) electrons. The van der Waals surface area contributed by atoms with Crippen LogP contribution in [0.5, 0.6) is 0 Å². The fourth-order valence-electron chi connectivity index (χ4n) is 2.34. The van der Waals surface area contributed by atoms with Gasteiger partial charge in [0.25, 0.3) is 0 Å². The molecule has 0 bridgehead atoms. The molecule has 1 N–H and O–H groups in total. The normalized spacial score (nSPS) is 24.5. The third-order valence-electron chi connectivity index (χ3n) is 3.25. The third kappa shape index (κ3) is 2.21. The number of rotatable bonds is 3. The first kappa shape index (κ1) is 10.7. The lowest BCUT2D eigenvalue weighted by Crippen LogP contribution is -2.18. The van der Waals surface area contributed by atoms with Crippen LogP contribution < -0.4 is 0 Å². The summed E-state index contributed by atoms with van der Waals surface area (Å²) >= 11 is 0. The summed E-state index contributed by atoms with van der Waals surface area (Å²) in [4.78, 5) is 2.18. The highest BCUT2D eigenvalue weighted by Crippen LogP contribution is 2.37. The van der Waals surface area contributed by atoms with E-state index in [0.29, 0.717) is 5.92 Å². The summed E-state index contributed by atoms with van der Waals surface area (Å²) < 4.78 is 0. The Bertz CT molecular complexity index is 335. The molecule has 0 aliphatic heterocycles. The molecule has 0 fully saturated rings. The first-order chi connectivity index (χ1) is 7.18. The Balaban J connectivity index is 2.03. The van der Waals surface area contributed by atoms with Crippen LogP contribution in [0.1, 0.15) is 23.7 Å². The quantitative estimate of drug-likeness (QED) is 0.814. The Kier molecular flexibility index (Phi) is 3.08. The van der Waals surface area contributed by atoms with Crippen molar-refractivity contribution in [2.75, 3.05) is 20.6 Å². The van der Waals surface area contributed by atoms with Gasteiger partial charge < -0.3 is 10.0 Å². The zero-order chi connectivity index (χ0) is 10.8. The van der Waals surface area contributed by atoms with Gasteiger partial charge in [-0.2, -0.15) is 0 Å². The summed E-state index contributed by atoms with van der Waals surface area (Å²) in [5, 5.41) is 10.1. The van der Waals surface area contributed by atoms with Crippen molar-refractivity contribution in [3.8, 4) is 0 Å². The molecule has 1 aliphatic rings. The van der Waals surface area contributed by atoms with Gasteiger partial charge in [-0.05, 0) is 50.5 Å². The number of hydrogen-bond acceptors (Lipinski definition) is 2. The van der Waals surface area contributed by atoms with Crippen LogP contribution in [0.3, 0.4) is 0 Å². The summed E-state index contributed by atoms with van der Waals surface area (Å²) in [7, 11) is 4.16. The Labute approximate surface area is 91.5 Å². The van der Waals surface area contributed by atoms with Gasteiger partial charge in [-0.1, -0.05) is 24.3 Å². The average Bonchev–Trinajstić information content (AvgIpc) is 2.54. The molecular weight excluding hydrogens is 186 g/mol. The molecule has 2 atom stereocenters. The maximum atomic E-state index is 10.1. The van der Waals surface area contributed by atoms with Crippen LogP contribution in [0.4, 0.5) is 0 Å². The Morgan fingerprint density at radius 3 is 2.73 bits per heavy atom. The van der Waals surface area contributed by atoms with Gasteiger partial charge >= 0.3 is 0 Å². The Morgan fingerprint density at radius 2 is 2.07 bits per heavy atom. The van der Waals surface area contributed by atoms with Crippen LogP contribution in [-0.4, -0.2) is 30.6 Å². The first-order valence-corrected chi connectivity index (χ1v) is 5.59. The van der Waals surface area contributed by atoms with Gasteiger partial charge in [0.2, 0.25) is 0 Å². The number of benzene rings is 1. The fourth-order valence-corrected chi connectivity index (χ4v) is 2.34. The Morgan fingerprint density at radius 1 is 1.33 bits per heavy atom. The maximum absolute atomic E-state index is 10.1. The molecule has 0 aromatic heterocycles. The molecule has 1 aliphatic carbocycles. The fraction of sp³-hybridized carbons (Fsp3) is 0.538. The topological polar surface area (TPSA) is 23.5 Å². The predicted octanol–water partition coefficient (Wildman–Crippen LogP) is 1.84. The van der Waals surface area contributed by atoms with Crippen molar-refractivity contribution >= 4 is 0 Å². The molecule has 2 nitrogen and oxygen atoms in total. The number of hydrogen-bond donors (Lipinski definition) is 1. The highest BCUT2D eigenvalue weighted by atomic mass is 16.3. The summed E-state index contributed by atoms with van der Waals surface area (Å²) in [6, 6.07) is 8.25. The smallest absolute Gasteiger partial charge is 0.0824 e. The molecule has 0 amide bonds. The van der Waals surface area contributed by atoms with Gasteiger partial charge in [0.1, 0.15) is 0 Å². The molecule has 0 saturated carbocycles. The largest absolute Gasteiger partial charge is 0.388 e. The highest BCUT2D eigenvalue weighted by molar-refractivity contribution is 5.34. The molecule has 1 aromatic rings. The van der Waals surface area contributed by atoms with Crippen LogP contribution in [0.15, 0.2) is 24.3 Å². The van der Waals surface area contributed by atoms with E-state index in [9.17, 15) is 5.11 Å². The summed E-state index contributed by atoms with van der Waals surface area (Å²) in [5.74, 6) is 0.407. The first-order valence-electron chi connectivity index (χ1n) is 5.59. The lowest BCUT2D eigenvalue weighted by molar-refractivity contribution is 0.113. The van der Waals surface area contributed by atoms with Gasteiger partial charge in [0.15, 0.2) is 0 Å². The van der Waals surface area contributed by atoms with E-state index in [1.165, 1.54) is 5.56 Å². The van der Waals surface area contributed by atoms with E-state index in [1.807, 2.05) is 6.07 Å². The summed E-state index contributed by atoms with van der Waals surface area (Å²) in [5.41, 5.74) is 2.47. The van der Waals surface area contributed by atoms with Crippen molar-refractivity contribution in [3.05, 3.63) is 35.4 Å². The van der Waals surface area contributed by atoms with E-state index >= 15 is 0 Å². The van der Waals surface area contributed by atoms with Crippen LogP contribution in [0, 0.1) is 5.92 Å². The van der Waals surface area contributed by atoms with E-state index < -0.39 is 0 Å². The van der Waals surface area contributed by atoms with Crippen molar-refractivity contribution in [1.82, 2.24) is 4.90 Å². The molecule has 15 heavy (non-hydrogen) atoms. The predicted molar refractivity (Wildman–Crippen MR) is 61.8 cm³/mol. The number of aliphatic hydroxyl groups excluding tert-OH is 1. The van der Waals surface area contributed by atoms with Crippen molar-refractivity contribution in [3.63, 3.8) is 0 Å². The lowest BCUT2D eigenvalue weighted by Gasteiger charge is -2.17. The summed E-state index contributed by atoms with van der Waals surface area (Å²) in [6.45, 7) is 1.05. The molecule has 82 valence electrons. The zero-order valence-corrected chi connectivity index (χ0v) is 9.48. The van der Waals surface area contributed by atoms with Crippen molar-refractivity contribution < 1.29 is 5.11 Å². The molecule has 0 heterocycles. The number of nitrogens with zero attached hydrogens (tertiary/aromatic N) is 1. The third-order valence-corrected chi connectivity index (χ3v) is 3.25. The zero-order valence-electron chi connectivity index (χ0n) is 9.48. The molecule has 2 rings (SSSR count). The monoisotopic (exact) mass is 205 g/mol. The minimum absolute atomic E-state index is 0.249. The minimum Gasteiger partial charge on any atom is -0.388 e. The van der Waals surface area contributed by atoms with Crippen molar-refractivity contribution in [2.45, 2.75) is 18.9 Å². The minimum atomic E-state index is -0.249. The highest BCUT2D eigenvalue weighted by Gasteiger charge is 2.29. The lowest BCUT2D eigenvalue weighted by atomic mass is 9.99. The van der Waals surface area contributed by atoms with Crippen LogP contribution >= 0.6 is 0 Å². The summed E-state index contributed by atoms with van der Waals surface area (Å²) in [6.07, 6.45) is 1.86. The second kappa shape index (κ2) is 4.33. The van der Waals surface area contributed by atoms with E-state index in [-0.39, 0.29) is 6.10 Å². The van der Waals surface area contributed by atoms with Crippen LogP contribution in [0.2, 0.25) is 0 Å². The van der Waals surface area contributed by atoms with Crippen molar-refractivity contribution in [2.24, 2.45) is 5.92 Å². The van der Waals surface area contributed by atoms with Gasteiger partial charge in [0, 0.05) is 0 Å². The van der Waals surface area contributed by atoms with Gasteiger partial charge in [0.05, 0.1) is 6.10 Å². The molecule has 1 aromatic carbocycles. The van der Waals surface area contributed by atoms with Gasteiger partial charge in [-0.15, -0.1) is 0 Å². The maximum Gasteiger partial charge on any atom is 0.0824 e. The second-order valence-corrected chi connectivity index (χ2v) is 4.70. The molecule has 0 spiro atoms. The van der Waals surface area contributed by atoms with Crippen LogP contribution in [0.25, 0.3) is 0 Å². The van der Waals surface area contributed by atoms with E-state index in [0.717, 1.165) is 24.9 Å². The molecule has 1 unspecified atom stereocenters. The van der Waals surface area contributed by atoms with Crippen LogP contribution in [-0.2, 0) is 6.42 Å². The Hall–Kier alpha value is -0.860. The van der Waals surface area contributed by atoms with E-state index in [4.69, 9.17) is 0 Å². The average molecular weight is 205 g/mol. The standard InChI is InChI=1S/C13H19NO/c1-14(2)8-7-11-9-10-5-3-4-6-12(10)13(11)15/h3-6,11,13,15H,7-9H2,1-2H3/t11-,13?/m1/s1. The molecule has 0 saturated heterocycles. The molecular formula is C13H19NO. The number of aliphatic hydroxyl groups is 1.